The van der Waals surface area contributed by atoms with Crippen molar-refractivity contribution in [2.75, 3.05) is 5.73 Å². The normalized spacial score (nSPS) is 10.4. The molecule has 0 radical (unpaired) electrons. The number of nitrogens with one attached hydrogen (secondary N) is 1. The van der Waals surface area contributed by atoms with Crippen molar-refractivity contribution in [1.29, 1.82) is 0 Å². The number of nitrogens with zero attached hydrogens (tertiary/aromatic N) is 1. The van der Waals surface area contributed by atoms with E-state index in [1.54, 1.807) is 0 Å². The molecular formula is C10H7F2N3O. The molecule has 0 bridgehead atoms. The fourth-order valence-corrected chi connectivity index (χ4v) is 1.30. The molecule has 0 amide bonds. The van der Waals surface area contributed by atoms with Gasteiger partial charge in [-0.2, -0.15) is 0 Å². The molecule has 0 fully saturated rings. The van der Waals surface area contributed by atoms with Crippen LogP contribution in [0.1, 0.15) is 0 Å². The predicted molar refractivity (Wildman–Crippen MR) is 54.6 cm³/mol. The van der Waals surface area contributed by atoms with Gasteiger partial charge in [0, 0.05) is 17.7 Å². The lowest BCUT2D eigenvalue weighted by Gasteiger charge is -2.02. The Labute approximate surface area is 88.8 Å². The van der Waals surface area contributed by atoms with Crippen LogP contribution in [0.4, 0.5) is 14.6 Å². The average Bonchev–Trinajstić information content (AvgIpc) is 2.14. The number of aromatic amines is 1. The number of H-pyrrole nitrogens is 1. The van der Waals surface area contributed by atoms with Gasteiger partial charge in [-0.25, -0.2) is 13.8 Å². The van der Waals surface area contributed by atoms with Crippen LogP contribution < -0.4 is 11.3 Å². The van der Waals surface area contributed by atoms with E-state index in [0.29, 0.717) is 0 Å². The highest BCUT2D eigenvalue weighted by atomic mass is 19.1. The van der Waals surface area contributed by atoms with Crippen LogP contribution in [0.2, 0.25) is 0 Å². The first kappa shape index (κ1) is 10.3. The third-order valence-corrected chi connectivity index (χ3v) is 1.90. The van der Waals surface area contributed by atoms with Crippen molar-refractivity contribution in [2.45, 2.75) is 0 Å². The molecule has 0 aliphatic carbocycles. The van der Waals surface area contributed by atoms with Crippen LogP contribution in [0.25, 0.3) is 11.4 Å². The van der Waals surface area contributed by atoms with E-state index >= 15 is 0 Å². The van der Waals surface area contributed by atoms with Crippen LogP contribution in [0.3, 0.4) is 0 Å². The molecule has 6 heteroatoms. The van der Waals surface area contributed by atoms with Crippen LogP contribution in [-0.4, -0.2) is 9.97 Å². The second kappa shape index (κ2) is 3.73. The van der Waals surface area contributed by atoms with E-state index in [0.717, 1.165) is 24.3 Å². The van der Waals surface area contributed by atoms with Gasteiger partial charge in [0.05, 0.1) is 0 Å². The molecule has 2 aromatic rings. The number of hydrogen-bond acceptors (Lipinski definition) is 3. The number of aromatic nitrogens is 2. The van der Waals surface area contributed by atoms with Crippen LogP contribution in [0, 0.1) is 11.6 Å². The van der Waals surface area contributed by atoms with E-state index in [4.69, 9.17) is 5.73 Å². The van der Waals surface area contributed by atoms with Crippen molar-refractivity contribution in [3.63, 3.8) is 0 Å². The van der Waals surface area contributed by atoms with Gasteiger partial charge in [-0.05, 0) is 12.1 Å². The summed E-state index contributed by atoms with van der Waals surface area (Å²) in [6.45, 7) is 0. The highest BCUT2D eigenvalue weighted by Crippen LogP contribution is 2.17. The van der Waals surface area contributed by atoms with E-state index in [2.05, 4.69) is 9.97 Å². The van der Waals surface area contributed by atoms with E-state index in [9.17, 15) is 13.6 Å². The molecule has 0 aliphatic rings. The Morgan fingerprint density at radius 1 is 1.12 bits per heavy atom. The van der Waals surface area contributed by atoms with Gasteiger partial charge in [-0.3, -0.25) is 4.79 Å². The molecule has 82 valence electrons. The zero-order chi connectivity index (χ0) is 11.7. The van der Waals surface area contributed by atoms with Crippen LogP contribution in [-0.2, 0) is 0 Å². The molecule has 0 aliphatic heterocycles. The summed E-state index contributed by atoms with van der Waals surface area (Å²) in [5, 5.41) is 0. The molecule has 1 aromatic carbocycles. The average molecular weight is 223 g/mol. The number of benzene rings is 1. The molecule has 1 aromatic heterocycles. The van der Waals surface area contributed by atoms with Gasteiger partial charge in [-0.15, -0.1) is 0 Å². The zero-order valence-corrected chi connectivity index (χ0v) is 8.00. The summed E-state index contributed by atoms with van der Waals surface area (Å²) in [5.74, 6) is -1.48. The van der Waals surface area contributed by atoms with Crippen LogP contribution in [0.5, 0.6) is 0 Å². The summed E-state index contributed by atoms with van der Waals surface area (Å²) < 4.78 is 25.8. The summed E-state index contributed by atoms with van der Waals surface area (Å²) in [4.78, 5) is 17.2. The molecule has 1 heterocycles. The molecule has 0 saturated heterocycles. The summed E-state index contributed by atoms with van der Waals surface area (Å²) in [5.41, 5.74) is 5.00. The lowest BCUT2D eigenvalue weighted by Crippen LogP contribution is -2.10. The van der Waals surface area contributed by atoms with Crippen molar-refractivity contribution < 1.29 is 8.78 Å². The Hall–Kier alpha value is -2.24. The van der Waals surface area contributed by atoms with Crippen molar-refractivity contribution in [1.82, 2.24) is 9.97 Å². The van der Waals surface area contributed by atoms with Gasteiger partial charge in [-0.1, -0.05) is 0 Å². The third-order valence-electron chi connectivity index (χ3n) is 1.90. The minimum absolute atomic E-state index is 0.0107. The molecule has 16 heavy (non-hydrogen) atoms. The third kappa shape index (κ3) is 2.05. The second-order valence-corrected chi connectivity index (χ2v) is 3.18. The van der Waals surface area contributed by atoms with Crippen molar-refractivity contribution in [2.24, 2.45) is 0 Å². The minimum atomic E-state index is -0.750. The summed E-state index contributed by atoms with van der Waals surface area (Å²) in [6.07, 6.45) is 0. The van der Waals surface area contributed by atoms with Gasteiger partial charge in [0.25, 0.3) is 5.56 Å². The maximum atomic E-state index is 12.9. The molecule has 2 rings (SSSR count). The Kier molecular flexibility index (Phi) is 2.40. The number of nitrogens with two attached hydrogens (primary N) is 1. The van der Waals surface area contributed by atoms with Gasteiger partial charge in [0.1, 0.15) is 23.3 Å². The van der Waals surface area contributed by atoms with E-state index < -0.39 is 17.2 Å². The van der Waals surface area contributed by atoms with Gasteiger partial charge in [0.2, 0.25) is 0 Å². The molecular weight excluding hydrogens is 216 g/mol. The van der Waals surface area contributed by atoms with Crippen LogP contribution in [0.15, 0.2) is 29.1 Å². The number of nitrogen functional groups attached to an aromatic ring is 1. The topological polar surface area (TPSA) is 71.8 Å². The number of rotatable bonds is 1. The lowest BCUT2D eigenvalue weighted by molar-refractivity contribution is 0.584. The standard InChI is InChI=1S/C10H7F2N3O/c11-6-1-5(2-7(12)3-6)10-14-8(13)4-9(16)15-10/h1-4H,(H3,13,14,15,16). The maximum absolute atomic E-state index is 12.9. The summed E-state index contributed by atoms with van der Waals surface area (Å²) in [6, 6.07) is 3.93. The van der Waals surface area contributed by atoms with Gasteiger partial charge >= 0.3 is 0 Å². The highest BCUT2D eigenvalue weighted by molar-refractivity contribution is 5.56. The molecule has 0 spiro atoms. The first-order chi connectivity index (χ1) is 7.54. The second-order valence-electron chi connectivity index (χ2n) is 3.18. The number of anilines is 1. The summed E-state index contributed by atoms with van der Waals surface area (Å²) >= 11 is 0. The Morgan fingerprint density at radius 2 is 1.75 bits per heavy atom. The smallest absolute Gasteiger partial charge is 0.253 e. The van der Waals surface area contributed by atoms with Gasteiger partial charge in [0.15, 0.2) is 0 Å². The quantitative estimate of drug-likeness (QED) is 0.765. The Bertz CT molecular complexity index is 575. The Balaban J connectivity index is 2.62. The maximum Gasteiger partial charge on any atom is 0.253 e. The largest absolute Gasteiger partial charge is 0.383 e. The monoisotopic (exact) mass is 223 g/mol. The Morgan fingerprint density at radius 3 is 2.31 bits per heavy atom. The zero-order valence-electron chi connectivity index (χ0n) is 8.00. The van der Waals surface area contributed by atoms with Crippen molar-refractivity contribution in [3.8, 4) is 11.4 Å². The molecule has 0 atom stereocenters. The predicted octanol–water partition coefficient (Wildman–Crippen LogP) is 1.30. The molecule has 4 nitrogen and oxygen atoms in total. The fraction of sp³-hybridized carbons (Fsp3) is 0. The first-order valence-corrected chi connectivity index (χ1v) is 4.38. The lowest BCUT2D eigenvalue weighted by atomic mass is 10.2. The number of hydrogen-bond donors (Lipinski definition) is 2. The van der Waals surface area contributed by atoms with Crippen LogP contribution >= 0.6 is 0 Å². The van der Waals surface area contributed by atoms with Crippen molar-refractivity contribution in [3.05, 3.63) is 46.3 Å². The van der Waals surface area contributed by atoms with Crippen molar-refractivity contribution >= 4 is 5.82 Å². The molecule has 0 saturated carbocycles. The van der Waals surface area contributed by atoms with E-state index in [-0.39, 0.29) is 17.2 Å². The molecule has 3 N–H and O–H groups in total. The SMILES string of the molecule is Nc1cc(=O)[nH]c(-c2cc(F)cc(F)c2)n1. The van der Waals surface area contributed by atoms with E-state index in [1.807, 2.05) is 0 Å². The fourth-order valence-electron chi connectivity index (χ4n) is 1.30. The first-order valence-electron chi connectivity index (χ1n) is 4.38. The van der Waals surface area contributed by atoms with Gasteiger partial charge < -0.3 is 10.7 Å². The summed E-state index contributed by atoms with van der Waals surface area (Å²) in [7, 11) is 0. The minimum Gasteiger partial charge on any atom is -0.383 e. The highest BCUT2D eigenvalue weighted by Gasteiger charge is 2.06. The number of halogens is 2. The molecule has 0 unspecified atom stereocenters. The van der Waals surface area contributed by atoms with E-state index in [1.165, 1.54) is 0 Å².